The first-order valence-electron chi connectivity index (χ1n) is 12.7. The molecule has 6 atom stereocenters. The third-order valence-corrected chi connectivity index (χ3v) is 7.57. The molecule has 1 saturated heterocycles. The Morgan fingerprint density at radius 1 is 1.34 bits per heavy atom. The third-order valence-electron chi connectivity index (χ3n) is 6.02. The fourth-order valence-electron chi connectivity index (χ4n) is 4.03. The lowest BCUT2D eigenvalue weighted by Crippen LogP contribution is -2.46. The second-order valence-corrected chi connectivity index (χ2v) is 11.5. The maximum Gasteiger partial charge on any atom is 0.459 e. The zero-order valence-corrected chi connectivity index (χ0v) is 23.9. The molecule has 41 heavy (non-hydrogen) atoms. The number of benzene rings is 1. The molecule has 0 saturated carbocycles. The van der Waals surface area contributed by atoms with Gasteiger partial charge in [0.2, 0.25) is 5.72 Å². The number of azide groups is 1. The molecule has 1 fully saturated rings. The summed E-state index contributed by atoms with van der Waals surface area (Å²) in [5.41, 5.74) is 12.4. The van der Waals surface area contributed by atoms with Crippen LogP contribution < -0.4 is 21.0 Å². The van der Waals surface area contributed by atoms with Gasteiger partial charge in [0.25, 0.3) is 0 Å². The van der Waals surface area contributed by atoms with Crippen molar-refractivity contribution in [2.75, 3.05) is 18.9 Å². The van der Waals surface area contributed by atoms with Crippen LogP contribution in [0.25, 0.3) is 10.4 Å². The molecule has 1 aliphatic rings. The van der Waals surface area contributed by atoms with Crippen molar-refractivity contribution in [3.05, 3.63) is 63.0 Å². The smallest absolute Gasteiger partial charge is 0.459 e. The van der Waals surface area contributed by atoms with E-state index >= 15 is 0 Å². The van der Waals surface area contributed by atoms with Gasteiger partial charge in [-0.3, -0.25) is 13.9 Å². The van der Waals surface area contributed by atoms with Gasteiger partial charge in [0.05, 0.1) is 13.2 Å². The van der Waals surface area contributed by atoms with Crippen LogP contribution in [0.5, 0.6) is 5.75 Å². The molecule has 5 N–H and O–H groups in total. The number of nitrogens with one attached hydrogen (secondary N) is 1. The van der Waals surface area contributed by atoms with E-state index in [2.05, 4.69) is 20.1 Å². The minimum absolute atomic E-state index is 0.0398. The summed E-state index contributed by atoms with van der Waals surface area (Å²) >= 11 is 0. The van der Waals surface area contributed by atoms with E-state index in [9.17, 15) is 29.9 Å². The first kappa shape index (κ1) is 32.0. The molecule has 0 amide bonds. The summed E-state index contributed by atoms with van der Waals surface area (Å²) in [6, 6.07) is 6.57. The van der Waals surface area contributed by atoms with Gasteiger partial charge < -0.3 is 29.9 Å². The van der Waals surface area contributed by atoms with Gasteiger partial charge in [0, 0.05) is 11.1 Å². The van der Waals surface area contributed by atoms with Gasteiger partial charge in [-0.2, -0.15) is 10.1 Å². The molecule has 2 heterocycles. The zero-order valence-electron chi connectivity index (χ0n) is 23.0. The number of ether oxygens (including phenoxy) is 2. The molecule has 1 aromatic carbocycles. The van der Waals surface area contributed by atoms with Gasteiger partial charge in [0.15, 0.2) is 6.23 Å². The second kappa shape index (κ2) is 13.4. The number of anilines is 1. The van der Waals surface area contributed by atoms with E-state index in [0.29, 0.717) is 0 Å². The van der Waals surface area contributed by atoms with Crippen LogP contribution in [0, 0.1) is 12.8 Å². The monoisotopic (exact) mass is 595 g/mol. The largest absolute Gasteiger partial charge is 0.465 e. The summed E-state index contributed by atoms with van der Waals surface area (Å²) in [4.78, 5) is 31.3. The van der Waals surface area contributed by atoms with Crippen LogP contribution in [-0.4, -0.2) is 62.9 Å². The summed E-state index contributed by atoms with van der Waals surface area (Å²) in [5, 5.41) is 27.7. The van der Waals surface area contributed by atoms with Crippen LogP contribution in [0.3, 0.4) is 0 Å². The standard InChI is InChI=1S/C24H34N7O9P/c1-5-37-22(34)17(12-14(2)3)28-41(36,40-16-8-6-15(4)7-9-16)38-13-24(29-30-26)20(33)19(32)21(39-24)31-11-10-18(25)27-23(31)35/h6-11,14,17,19-21,32-33H,5,12-13H2,1-4H3,(H,28,36)(H2,25,27,35)/t17-,19+,20-,21+,24+,41?/m0/s1. The quantitative estimate of drug-likeness (QED) is 0.0857. The van der Waals surface area contributed by atoms with Gasteiger partial charge in [-0.1, -0.05) is 36.7 Å². The number of esters is 1. The number of aromatic nitrogens is 2. The van der Waals surface area contributed by atoms with E-state index in [-0.39, 0.29) is 30.5 Å². The highest BCUT2D eigenvalue weighted by molar-refractivity contribution is 7.52. The maximum atomic E-state index is 14.1. The van der Waals surface area contributed by atoms with Crippen molar-refractivity contribution >= 4 is 19.5 Å². The number of hydrogen-bond donors (Lipinski definition) is 4. The molecule has 16 nitrogen and oxygen atoms in total. The second-order valence-electron chi connectivity index (χ2n) is 9.76. The van der Waals surface area contributed by atoms with Crippen molar-refractivity contribution in [2.45, 2.75) is 64.3 Å². The summed E-state index contributed by atoms with van der Waals surface area (Å²) in [6.45, 7) is 6.28. The maximum absolute atomic E-state index is 14.1. The Labute approximate surface area is 235 Å². The van der Waals surface area contributed by atoms with Gasteiger partial charge >= 0.3 is 19.4 Å². The topological polar surface area (TPSA) is 233 Å². The molecule has 0 bridgehead atoms. The van der Waals surface area contributed by atoms with Gasteiger partial charge in [-0.15, -0.1) is 0 Å². The van der Waals surface area contributed by atoms with Crippen molar-refractivity contribution in [3.8, 4) is 5.75 Å². The molecular formula is C24H34N7O9P. The van der Waals surface area contributed by atoms with Crippen LogP contribution >= 0.6 is 7.75 Å². The molecular weight excluding hydrogens is 561 g/mol. The first-order chi connectivity index (χ1) is 19.3. The number of aliphatic hydroxyl groups excluding tert-OH is 2. The molecule has 2 aromatic rings. The molecule has 1 aliphatic heterocycles. The minimum atomic E-state index is -4.52. The predicted molar refractivity (Wildman–Crippen MR) is 145 cm³/mol. The van der Waals surface area contributed by atoms with Gasteiger partial charge in [-0.25, -0.2) is 9.36 Å². The SMILES string of the molecule is CCOC(=O)[C@H](CC(C)C)NP(=O)(OC[C@@]1(N=[N+]=[N-])O[C@@H](n2ccc(N)nc2=O)[C@H](O)[C@@H]1O)Oc1ccc(C)cc1. The molecule has 17 heteroatoms. The molecule has 1 unspecified atom stereocenters. The summed E-state index contributed by atoms with van der Waals surface area (Å²) < 4.78 is 37.1. The van der Waals surface area contributed by atoms with Crippen molar-refractivity contribution in [1.82, 2.24) is 14.6 Å². The number of hydrogen-bond acceptors (Lipinski definition) is 12. The lowest BCUT2D eigenvalue weighted by atomic mass is 10.1. The van der Waals surface area contributed by atoms with Crippen LogP contribution in [0.15, 0.2) is 46.4 Å². The van der Waals surface area contributed by atoms with Crippen molar-refractivity contribution < 1.29 is 38.1 Å². The van der Waals surface area contributed by atoms with Crippen LogP contribution in [-0.2, 0) is 23.4 Å². The Bertz CT molecular complexity index is 1370. The number of nitrogens with two attached hydrogens (primary N) is 1. The molecule has 0 aliphatic carbocycles. The molecule has 0 radical (unpaired) electrons. The fourth-order valence-corrected chi connectivity index (χ4v) is 5.56. The van der Waals surface area contributed by atoms with Gasteiger partial charge in [0.1, 0.15) is 29.8 Å². The number of carbonyl (C=O) groups is 1. The van der Waals surface area contributed by atoms with Crippen LogP contribution in [0.1, 0.15) is 39.0 Å². The predicted octanol–water partition coefficient (Wildman–Crippen LogP) is 2.16. The Balaban J connectivity index is 1.96. The van der Waals surface area contributed by atoms with E-state index in [0.717, 1.165) is 10.1 Å². The third kappa shape index (κ3) is 7.83. The minimum Gasteiger partial charge on any atom is -0.465 e. The summed E-state index contributed by atoms with van der Waals surface area (Å²) in [7, 11) is -4.52. The highest BCUT2D eigenvalue weighted by atomic mass is 31.2. The van der Waals surface area contributed by atoms with E-state index in [1.165, 1.54) is 24.4 Å². The van der Waals surface area contributed by atoms with Gasteiger partial charge in [-0.05, 0) is 49.9 Å². The molecule has 224 valence electrons. The number of aliphatic hydroxyl groups is 2. The molecule has 0 spiro atoms. The zero-order chi connectivity index (χ0) is 30.4. The molecule has 3 rings (SSSR count). The highest BCUT2D eigenvalue weighted by Crippen LogP contribution is 2.48. The van der Waals surface area contributed by atoms with Crippen molar-refractivity contribution in [2.24, 2.45) is 11.0 Å². The number of nitrogens with zero attached hydrogens (tertiary/aromatic N) is 5. The highest BCUT2D eigenvalue weighted by Gasteiger charge is 2.56. The lowest BCUT2D eigenvalue weighted by molar-refractivity contribution is -0.145. The van der Waals surface area contributed by atoms with Crippen molar-refractivity contribution in [1.29, 1.82) is 0 Å². The van der Waals surface area contributed by atoms with Crippen molar-refractivity contribution in [3.63, 3.8) is 0 Å². The summed E-state index contributed by atoms with van der Waals surface area (Å²) in [6.07, 6.45) is -4.00. The van der Waals surface area contributed by atoms with E-state index in [4.69, 9.17) is 24.3 Å². The average Bonchev–Trinajstić information content (AvgIpc) is 3.14. The normalized spacial score (nSPS) is 24.3. The fraction of sp³-hybridized carbons (Fsp3) is 0.542. The number of rotatable bonds is 13. The first-order valence-corrected chi connectivity index (χ1v) is 14.3. The summed E-state index contributed by atoms with van der Waals surface area (Å²) in [5.74, 6) is -0.726. The van der Waals surface area contributed by atoms with E-state index < -0.39 is 56.2 Å². The number of carbonyl (C=O) groups excluding carboxylic acids is 1. The Morgan fingerprint density at radius 2 is 2.02 bits per heavy atom. The Hall–Kier alpha value is -3.49. The Morgan fingerprint density at radius 3 is 2.61 bits per heavy atom. The average molecular weight is 596 g/mol. The van der Waals surface area contributed by atoms with E-state index in [1.54, 1.807) is 19.1 Å². The van der Waals surface area contributed by atoms with E-state index in [1.807, 2.05) is 20.8 Å². The lowest BCUT2D eigenvalue weighted by Gasteiger charge is -2.30. The van der Waals surface area contributed by atoms with Crippen LogP contribution in [0.4, 0.5) is 5.82 Å². The Kier molecular flexibility index (Phi) is 10.5. The molecule has 1 aromatic heterocycles. The van der Waals surface area contributed by atoms with Crippen LogP contribution in [0.2, 0.25) is 0 Å². The number of aryl methyl sites for hydroxylation is 1. The number of nitrogen functional groups attached to an aromatic ring is 1.